The fourth-order valence-electron chi connectivity index (χ4n) is 5.78. The highest BCUT2D eigenvalue weighted by Gasteiger charge is 2.45. The topological polar surface area (TPSA) is 79.4 Å². The summed E-state index contributed by atoms with van der Waals surface area (Å²) in [6, 6.07) is 20.1. The smallest absolute Gasteiger partial charge is 0.162 e. The Hall–Kier alpha value is -3.89. The van der Waals surface area contributed by atoms with Gasteiger partial charge in [-0.15, -0.1) is 0 Å². The van der Waals surface area contributed by atoms with E-state index in [9.17, 15) is 14.4 Å². The van der Waals surface area contributed by atoms with Crippen LogP contribution in [0.3, 0.4) is 0 Å². The van der Waals surface area contributed by atoms with Gasteiger partial charge in [-0.1, -0.05) is 41.9 Å². The molecule has 3 aromatic carbocycles. The third kappa shape index (κ3) is 5.16. The first-order valence-electron chi connectivity index (χ1n) is 13.2. The predicted octanol–water partition coefficient (Wildman–Crippen LogP) is 7.72. The van der Waals surface area contributed by atoms with Crippen molar-refractivity contribution in [2.24, 2.45) is 11.1 Å². The third-order valence-corrected chi connectivity index (χ3v) is 8.24. The summed E-state index contributed by atoms with van der Waals surface area (Å²) < 4.78 is 20.2. The van der Waals surface area contributed by atoms with Crippen LogP contribution < -0.4 is 15.4 Å². The summed E-state index contributed by atoms with van der Waals surface area (Å²) in [6.07, 6.45) is 1.03. The molecule has 2 N–H and O–H groups in total. The third-order valence-electron chi connectivity index (χ3n) is 7.71. The van der Waals surface area contributed by atoms with Crippen molar-refractivity contribution in [3.8, 4) is 11.8 Å². The maximum absolute atomic E-state index is 13.9. The number of nitrogens with zero attached hydrogens (tertiary/aromatic N) is 2. The number of benzene rings is 3. The van der Waals surface area contributed by atoms with E-state index in [-0.39, 0.29) is 23.6 Å². The van der Waals surface area contributed by atoms with E-state index < -0.39 is 5.92 Å². The van der Waals surface area contributed by atoms with Crippen LogP contribution in [-0.2, 0) is 11.4 Å². The minimum Gasteiger partial charge on any atom is -0.489 e. The van der Waals surface area contributed by atoms with Gasteiger partial charge in [0, 0.05) is 27.9 Å². The molecule has 1 aliphatic heterocycles. The van der Waals surface area contributed by atoms with Crippen molar-refractivity contribution < 1.29 is 13.9 Å². The van der Waals surface area contributed by atoms with E-state index in [0.717, 1.165) is 38.1 Å². The number of aryl methyl sites for hydroxylation is 2. The lowest BCUT2D eigenvalue weighted by Crippen LogP contribution is -2.42. The van der Waals surface area contributed by atoms with E-state index in [1.54, 1.807) is 12.1 Å². The summed E-state index contributed by atoms with van der Waals surface area (Å²) in [7, 11) is 0. The zero-order valence-corrected chi connectivity index (χ0v) is 24.6. The van der Waals surface area contributed by atoms with Crippen molar-refractivity contribution in [1.29, 1.82) is 5.26 Å². The lowest BCUT2D eigenvalue weighted by Gasteiger charge is -2.44. The Labute approximate surface area is 242 Å². The summed E-state index contributed by atoms with van der Waals surface area (Å²) in [6.45, 7) is 8.44. The summed E-state index contributed by atoms with van der Waals surface area (Å²) in [5, 5.41) is 10.5. The molecule has 1 unspecified atom stereocenters. The number of hydrogen-bond donors (Lipinski definition) is 1. The lowest BCUT2D eigenvalue weighted by molar-refractivity contribution is -0.118. The molecular weight excluding hydrogens is 569 g/mol. The van der Waals surface area contributed by atoms with Crippen LogP contribution in [0, 0.1) is 36.4 Å². The largest absolute Gasteiger partial charge is 0.489 e. The van der Waals surface area contributed by atoms with Crippen molar-refractivity contribution in [3.05, 3.63) is 116 Å². The molecule has 0 saturated carbocycles. The number of ether oxygens (including phenoxy) is 1. The first-order valence-corrected chi connectivity index (χ1v) is 14.0. The standard InChI is InChI=1S/C33H31BrFN3O2/c1-19-13-20(2)26(14-21(19)18-40-25-11-7-23(35)8-12-25)30-27(17-36)32(37)38(24-9-5-22(34)6-10-24)28-15-33(3,4)16-29(39)31(28)30/h5-14,30H,15-16,18,37H2,1-4H3. The highest BCUT2D eigenvalue weighted by molar-refractivity contribution is 9.10. The van der Waals surface area contributed by atoms with Gasteiger partial charge in [-0.3, -0.25) is 9.69 Å². The van der Waals surface area contributed by atoms with Gasteiger partial charge in [0.05, 0.1) is 17.6 Å². The molecule has 1 heterocycles. The molecular formula is C33H31BrFN3O2. The molecule has 0 saturated heterocycles. The van der Waals surface area contributed by atoms with E-state index in [1.165, 1.54) is 12.1 Å². The Balaban J connectivity index is 1.65. The van der Waals surface area contributed by atoms with Crippen molar-refractivity contribution in [3.63, 3.8) is 0 Å². The van der Waals surface area contributed by atoms with E-state index in [4.69, 9.17) is 10.5 Å². The van der Waals surface area contributed by atoms with Crippen molar-refractivity contribution in [1.82, 2.24) is 0 Å². The number of carbonyl (C=O) groups is 1. The SMILES string of the molecule is Cc1cc(C)c(C2C(C#N)=C(N)N(c3ccc(Br)cc3)C3=C2C(=O)CC(C)(C)C3)cc1COc1ccc(F)cc1. The molecule has 7 heteroatoms. The molecule has 0 amide bonds. The minimum atomic E-state index is -0.583. The quantitative estimate of drug-likeness (QED) is 0.324. The van der Waals surface area contributed by atoms with Crippen LogP contribution >= 0.6 is 15.9 Å². The molecule has 5 nitrogen and oxygen atoms in total. The van der Waals surface area contributed by atoms with Crippen LogP contribution in [0.25, 0.3) is 0 Å². The zero-order valence-electron chi connectivity index (χ0n) is 23.0. The number of hydrogen-bond acceptors (Lipinski definition) is 5. The summed E-state index contributed by atoms with van der Waals surface area (Å²) in [5.74, 6) is 0.0158. The normalized spacial score (nSPS) is 18.5. The molecule has 0 bridgehead atoms. The van der Waals surface area contributed by atoms with Gasteiger partial charge in [0.15, 0.2) is 5.78 Å². The van der Waals surface area contributed by atoms with Crippen LogP contribution in [0.2, 0.25) is 0 Å². The number of ketones is 1. The highest BCUT2D eigenvalue weighted by Crippen LogP contribution is 2.51. The van der Waals surface area contributed by atoms with Gasteiger partial charge in [0.1, 0.15) is 24.0 Å². The summed E-state index contributed by atoms with van der Waals surface area (Å²) in [4.78, 5) is 15.8. The van der Waals surface area contributed by atoms with Gasteiger partial charge in [0.25, 0.3) is 0 Å². The summed E-state index contributed by atoms with van der Waals surface area (Å²) >= 11 is 3.49. The van der Waals surface area contributed by atoms with Gasteiger partial charge >= 0.3 is 0 Å². The molecule has 1 aliphatic carbocycles. The highest BCUT2D eigenvalue weighted by atomic mass is 79.9. The van der Waals surface area contributed by atoms with Gasteiger partial charge < -0.3 is 10.5 Å². The molecule has 40 heavy (non-hydrogen) atoms. The second-order valence-corrected chi connectivity index (χ2v) is 12.3. The fourth-order valence-corrected chi connectivity index (χ4v) is 6.04. The number of nitrogens with two attached hydrogens (primary N) is 1. The molecule has 0 aromatic heterocycles. The first kappa shape index (κ1) is 27.7. The molecule has 3 aromatic rings. The van der Waals surface area contributed by atoms with Gasteiger partial charge in [-0.2, -0.15) is 5.26 Å². The van der Waals surface area contributed by atoms with Gasteiger partial charge in [0.2, 0.25) is 0 Å². The molecule has 0 fully saturated rings. The van der Waals surface area contributed by atoms with Crippen LogP contribution in [0.4, 0.5) is 10.1 Å². The number of carbonyl (C=O) groups excluding carboxylic acids is 1. The van der Waals surface area contributed by atoms with Crippen molar-refractivity contribution in [2.75, 3.05) is 4.90 Å². The number of allylic oxidation sites excluding steroid dienone is 3. The van der Waals surface area contributed by atoms with E-state index in [1.807, 2.05) is 49.1 Å². The fraction of sp³-hybridized carbons (Fsp3) is 0.273. The minimum absolute atomic E-state index is 0.0303. The van der Waals surface area contributed by atoms with E-state index in [2.05, 4.69) is 41.9 Å². The second kappa shape index (κ2) is 10.6. The Morgan fingerprint density at radius 1 is 1.07 bits per heavy atom. The molecule has 2 aliphatic rings. The zero-order chi connectivity index (χ0) is 28.8. The second-order valence-electron chi connectivity index (χ2n) is 11.3. The number of nitriles is 1. The molecule has 0 spiro atoms. The van der Waals surface area contributed by atoms with Crippen LogP contribution in [-0.4, -0.2) is 5.78 Å². The average Bonchev–Trinajstić information content (AvgIpc) is 2.89. The number of halogens is 2. The average molecular weight is 601 g/mol. The van der Waals surface area contributed by atoms with Crippen LogP contribution in [0.1, 0.15) is 54.9 Å². The predicted molar refractivity (Wildman–Crippen MR) is 158 cm³/mol. The summed E-state index contributed by atoms with van der Waals surface area (Å²) in [5.41, 5.74) is 13.0. The first-order chi connectivity index (χ1) is 19.0. The van der Waals surface area contributed by atoms with Crippen LogP contribution in [0.5, 0.6) is 5.75 Å². The van der Waals surface area contributed by atoms with Gasteiger partial charge in [-0.05, 0) is 96.5 Å². The Bertz CT molecular complexity index is 1600. The van der Waals surface area contributed by atoms with Gasteiger partial charge in [-0.25, -0.2) is 4.39 Å². The Morgan fingerprint density at radius 3 is 2.40 bits per heavy atom. The van der Waals surface area contributed by atoms with Crippen molar-refractivity contribution in [2.45, 2.75) is 53.1 Å². The number of anilines is 1. The van der Waals surface area contributed by atoms with Crippen molar-refractivity contribution >= 4 is 27.4 Å². The van der Waals surface area contributed by atoms with E-state index >= 15 is 0 Å². The van der Waals surface area contributed by atoms with E-state index in [0.29, 0.717) is 35.6 Å². The maximum Gasteiger partial charge on any atom is 0.162 e. The number of Topliss-reactive ketones (excluding diaryl/α,β-unsaturated/α-hetero) is 1. The molecule has 5 rings (SSSR count). The maximum atomic E-state index is 13.9. The van der Waals surface area contributed by atoms with Crippen LogP contribution in [0.15, 0.2) is 87.8 Å². The Morgan fingerprint density at radius 2 is 1.75 bits per heavy atom. The lowest BCUT2D eigenvalue weighted by atomic mass is 9.68. The molecule has 1 atom stereocenters. The molecule has 0 radical (unpaired) electrons. The Kier molecular flexibility index (Phi) is 7.32. The number of rotatable bonds is 5. The monoisotopic (exact) mass is 599 g/mol. The molecule has 204 valence electrons.